The summed E-state index contributed by atoms with van der Waals surface area (Å²) in [6.45, 7) is 9.42. The first-order valence-electron chi connectivity index (χ1n) is 11.2. The molecule has 4 aliphatic rings. The lowest BCUT2D eigenvalue weighted by molar-refractivity contribution is -0.0231. The van der Waals surface area contributed by atoms with Crippen molar-refractivity contribution in [1.29, 1.82) is 0 Å². The maximum absolute atomic E-state index is 6.20. The number of nitrogens with zero attached hydrogens (tertiary/aromatic N) is 3. The maximum Gasteiger partial charge on any atom is 0.120 e. The molecule has 1 spiro atoms. The zero-order chi connectivity index (χ0) is 18.7. The van der Waals surface area contributed by atoms with Gasteiger partial charge in [0.05, 0.1) is 5.54 Å². The minimum Gasteiger partial charge on any atom is -0.350 e. The number of nitrogens with two attached hydrogens (primary N) is 1. The fourth-order valence-electron chi connectivity index (χ4n) is 5.57. The van der Waals surface area contributed by atoms with Crippen LogP contribution in [0.25, 0.3) is 0 Å². The van der Waals surface area contributed by atoms with Gasteiger partial charge in [0.2, 0.25) is 0 Å². The largest absolute Gasteiger partial charge is 0.350 e. The van der Waals surface area contributed by atoms with E-state index in [9.17, 15) is 0 Å². The molecule has 5 heteroatoms. The van der Waals surface area contributed by atoms with Crippen molar-refractivity contribution in [2.24, 2.45) is 11.7 Å². The third-order valence-corrected chi connectivity index (χ3v) is 7.12. The number of ether oxygens (including phenoxy) is 1. The highest BCUT2D eigenvalue weighted by molar-refractivity contribution is 5.42. The maximum atomic E-state index is 6.20. The second-order valence-electron chi connectivity index (χ2n) is 8.76. The smallest absolute Gasteiger partial charge is 0.120 e. The van der Waals surface area contributed by atoms with Crippen LogP contribution in [0.3, 0.4) is 0 Å². The normalized spacial score (nSPS) is 32.4. The first kappa shape index (κ1) is 19.4. The summed E-state index contributed by atoms with van der Waals surface area (Å²) in [6.07, 6.45) is 15.9. The molecule has 4 rings (SSSR count). The Hall–Kier alpha value is -0.880. The molecule has 2 saturated heterocycles. The Bertz CT molecular complexity index is 557. The molecule has 3 fully saturated rings. The standard InChI is InChI=1S/C22H38N4O/c1-2-20(10-11-23)26-18-27-17-25(15-7-14-24-12-4-3-5-13-24)21-9-6-8-19-16-22(19,21)26/h6,8-9,19-20H,2-5,7,10-18,23H2,1H3. The molecule has 0 amide bonds. The minimum atomic E-state index is 0.173. The number of rotatable bonds is 8. The van der Waals surface area contributed by atoms with E-state index in [0.717, 1.165) is 39.4 Å². The number of likely N-dealkylation sites (tertiary alicyclic amines) is 1. The Morgan fingerprint density at radius 1 is 1.22 bits per heavy atom. The summed E-state index contributed by atoms with van der Waals surface area (Å²) in [5.74, 6) is 0.649. The molecule has 2 heterocycles. The summed E-state index contributed by atoms with van der Waals surface area (Å²) in [6, 6.07) is 0.517. The molecule has 152 valence electrons. The van der Waals surface area contributed by atoms with E-state index in [1.165, 1.54) is 57.4 Å². The van der Waals surface area contributed by atoms with Crippen LogP contribution in [-0.4, -0.2) is 72.5 Å². The van der Waals surface area contributed by atoms with E-state index >= 15 is 0 Å². The molecular formula is C22H38N4O. The molecule has 5 nitrogen and oxygen atoms in total. The number of hydrogen-bond acceptors (Lipinski definition) is 5. The van der Waals surface area contributed by atoms with Gasteiger partial charge in [-0.3, -0.25) is 4.90 Å². The van der Waals surface area contributed by atoms with E-state index in [2.05, 4.69) is 39.9 Å². The van der Waals surface area contributed by atoms with Gasteiger partial charge >= 0.3 is 0 Å². The van der Waals surface area contributed by atoms with Gasteiger partial charge in [-0.05, 0) is 70.8 Å². The van der Waals surface area contributed by atoms with Gasteiger partial charge in [0.15, 0.2) is 0 Å². The summed E-state index contributed by atoms with van der Waals surface area (Å²) in [4.78, 5) is 7.82. The molecule has 27 heavy (non-hydrogen) atoms. The number of hydrogen-bond donors (Lipinski definition) is 1. The molecule has 1 saturated carbocycles. The third kappa shape index (κ3) is 3.84. The Balaban J connectivity index is 1.44. The molecule has 3 unspecified atom stereocenters. The average Bonchev–Trinajstić information content (AvgIpc) is 3.46. The van der Waals surface area contributed by atoms with Gasteiger partial charge in [0, 0.05) is 24.2 Å². The first-order chi connectivity index (χ1) is 13.3. The van der Waals surface area contributed by atoms with Crippen LogP contribution in [0.2, 0.25) is 0 Å². The van der Waals surface area contributed by atoms with Crippen LogP contribution in [0.15, 0.2) is 23.9 Å². The van der Waals surface area contributed by atoms with E-state index in [4.69, 9.17) is 10.5 Å². The molecule has 0 aromatic carbocycles. The summed E-state index contributed by atoms with van der Waals surface area (Å²) >= 11 is 0. The second-order valence-corrected chi connectivity index (χ2v) is 8.76. The number of allylic oxidation sites excluding steroid dienone is 2. The molecule has 0 aromatic heterocycles. The lowest BCUT2D eigenvalue weighted by atomic mass is 9.97. The highest BCUT2D eigenvalue weighted by Crippen LogP contribution is 2.58. The summed E-state index contributed by atoms with van der Waals surface area (Å²) in [7, 11) is 0. The van der Waals surface area contributed by atoms with Gasteiger partial charge in [-0.25, -0.2) is 0 Å². The van der Waals surface area contributed by atoms with E-state index in [0.29, 0.717) is 12.0 Å². The summed E-state index contributed by atoms with van der Waals surface area (Å²) < 4.78 is 6.20. The Kier molecular flexibility index (Phi) is 6.22. The Labute approximate surface area is 165 Å². The van der Waals surface area contributed by atoms with Crippen molar-refractivity contribution >= 4 is 0 Å². The van der Waals surface area contributed by atoms with Crippen molar-refractivity contribution in [3.8, 4) is 0 Å². The third-order valence-electron chi connectivity index (χ3n) is 7.12. The van der Waals surface area contributed by atoms with Crippen molar-refractivity contribution in [2.75, 3.05) is 46.2 Å². The van der Waals surface area contributed by atoms with Gasteiger partial charge in [-0.15, -0.1) is 0 Å². The predicted molar refractivity (Wildman–Crippen MR) is 110 cm³/mol. The molecule has 0 bridgehead atoms. The van der Waals surface area contributed by atoms with Crippen LogP contribution in [0.1, 0.15) is 51.9 Å². The van der Waals surface area contributed by atoms with Crippen LogP contribution in [0, 0.1) is 5.92 Å². The summed E-state index contributed by atoms with van der Waals surface area (Å²) in [5, 5.41) is 0. The molecule has 0 radical (unpaired) electrons. The molecule has 2 aliphatic carbocycles. The van der Waals surface area contributed by atoms with Gasteiger partial charge in [0.25, 0.3) is 0 Å². The predicted octanol–water partition coefficient (Wildman–Crippen LogP) is 2.75. The second kappa shape index (κ2) is 8.64. The van der Waals surface area contributed by atoms with Gasteiger partial charge in [0.1, 0.15) is 13.5 Å². The van der Waals surface area contributed by atoms with Gasteiger partial charge < -0.3 is 20.3 Å². The molecule has 2 N–H and O–H groups in total. The van der Waals surface area contributed by atoms with E-state index in [1.807, 2.05) is 0 Å². The van der Waals surface area contributed by atoms with E-state index in [-0.39, 0.29) is 5.54 Å². The fourth-order valence-corrected chi connectivity index (χ4v) is 5.57. The lowest BCUT2D eigenvalue weighted by Gasteiger charge is -2.40. The molecule has 2 aliphatic heterocycles. The monoisotopic (exact) mass is 374 g/mol. The number of piperidine rings is 1. The van der Waals surface area contributed by atoms with Crippen LogP contribution >= 0.6 is 0 Å². The molecular weight excluding hydrogens is 336 g/mol. The van der Waals surface area contributed by atoms with Gasteiger partial charge in [-0.2, -0.15) is 0 Å². The fraction of sp³-hybridized carbons (Fsp3) is 0.818. The van der Waals surface area contributed by atoms with Crippen LogP contribution < -0.4 is 5.73 Å². The van der Waals surface area contributed by atoms with Crippen molar-refractivity contribution in [3.63, 3.8) is 0 Å². The minimum absolute atomic E-state index is 0.173. The Morgan fingerprint density at radius 2 is 2.07 bits per heavy atom. The zero-order valence-electron chi connectivity index (χ0n) is 17.1. The van der Waals surface area contributed by atoms with E-state index < -0.39 is 0 Å². The van der Waals surface area contributed by atoms with Crippen molar-refractivity contribution in [1.82, 2.24) is 14.7 Å². The van der Waals surface area contributed by atoms with Crippen molar-refractivity contribution in [3.05, 3.63) is 23.9 Å². The van der Waals surface area contributed by atoms with Crippen LogP contribution in [0.5, 0.6) is 0 Å². The lowest BCUT2D eigenvalue weighted by Crippen LogP contribution is -2.49. The van der Waals surface area contributed by atoms with Gasteiger partial charge in [-0.1, -0.05) is 25.5 Å². The van der Waals surface area contributed by atoms with Crippen LogP contribution in [0.4, 0.5) is 0 Å². The van der Waals surface area contributed by atoms with Crippen LogP contribution in [-0.2, 0) is 4.74 Å². The SMILES string of the molecule is CCC(CCN)N1COCN(CCCN2CCCCC2)C2=CC=CC3CC231. The van der Waals surface area contributed by atoms with Crippen molar-refractivity contribution in [2.45, 2.75) is 63.5 Å². The quantitative estimate of drug-likeness (QED) is 0.708. The Morgan fingerprint density at radius 3 is 2.85 bits per heavy atom. The van der Waals surface area contributed by atoms with Crippen molar-refractivity contribution < 1.29 is 4.74 Å². The van der Waals surface area contributed by atoms with E-state index in [1.54, 1.807) is 0 Å². The zero-order valence-corrected chi connectivity index (χ0v) is 17.1. The first-order valence-corrected chi connectivity index (χ1v) is 11.2. The summed E-state index contributed by atoms with van der Waals surface area (Å²) in [5.41, 5.74) is 7.60. The topological polar surface area (TPSA) is 45.0 Å². The highest BCUT2D eigenvalue weighted by Gasteiger charge is 2.63. The molecule has 0 aromatic rings. The average molecular weight is 375 g/mol. The highest BCUT2D eigenvalue weighted by atomic mass is 16.5. The molecule has 3 atom stereocenters.